The van der Waals surface area contributed by atoms with Crippen molar-refractivity contribution in [1.29, 1.82) is 0 Å². The van der Waals surface area contributed by atoms with Crippen molar-refractivity contribution in [3.8, 4) is 0 Å². The van der Waals surface area contributed by atoms with Gasteiger partial charge in [0.1, 0.15) is 6.04 Å². The average Bonchev–Trinajstić information content (AvgIpc) is 2.53. The molecule has 2 rings (SSSR count). The summed E-state index contributed by atoms with van der Waals surface area (Å²) in [5.74, 6) is -1.14. The molecule has 1 atom stereocenters. The molecule has 0 amide bonds. The molecule has 0 aliphatic carbocycles. The zero-order chi connectivity index (χ0) is 16.0. The standard InChI is InChI=1S/C15H22N2O4S/c18-15(19)14(10-9-13-7-3-1-4-8-13)16-22(20,21)17-11-5-2-6-12-17/h1,3-4,7-8,14,16H,2,5-6,9-12H2,(H,18,19)/t14-/m1/s1. The van der Waals surface area contributed by atoms with Crippen molar-refractivity contribution in [1.82, 2.24) is 9.03 Å². The SMILES string of the molecule is O=C(O)[C@@H](CCc1ccccc1)NS(=O)(=O)N1CCCCC1. The molecular formula is C15H22N2O4S. The number of hydrogen-bond acceptors (Lipinski definition) is 3. The van der Waals surface area contributed by atoms with E-state index in [1.165, 1.54) is 4.31 Å². The molecule has 0 spiro atoms. The minimum atomic E-state index is -3.73. The van der Waals surface area contributed by atoms with Gasteiger partial charge >= 0.3 is 5.97 Å². The van der Waals surface area contributed by atoms with Crippen molar-refractivity contribution in [3.63, 3.8) is 0 Å². The van der Waals surface area contributed by atoms with Crippen molar-refractivity contribution in [2.24, 2.45) is 0 Å². The van der Waals surface area contributed by atoms with E-state index < -0.39 is 22.2 Å². The van der Waals surface area contributed by atoms with Crippen LogP contribution >= 0.6 is 0 Å². The number of hydrogen-bond donors (Lipinski definition) is 2. The molecule has 0 bridgehead atoms. The number of nitrogens with zero attached hydrogens (tertiary/aromatic N) is 1. The van der Waals surface area contributed by atoms with Crippen LogP contribution in [0.15, 0.2) is 30.3 Å². The molecule has 1 aliphatic heterocycles. The molecule has 7 heteroatoms. The van der Waals surface area contributed by atoms with Crippen LogP contribution in [-0.2, 0) is 21.4 Å². The highest BCUT2D eigenvalue weighted by atomic mass is 32.2. The fraction of sp³-hybridized carbons (Fsp3) is 0.533. The molecule has 6 nitrogen and oxygen atoms in total. The third-order valence-electron chi connectivity index (χ3n) is 3.81. The number of rotatable bonds is 7. The van der Waals surface area contributed by atoms with Gasteiger partial charge in [-0.15, -0.1) is 0 Å². The maximum absolute atomic E-state index is 12.3. The van der Waals surface area contributed by atoms with Crippen LogP contribution in [-0.4, -0.2) is 42.9 Å². The van der Waals surface area contributed by atoms with E-state index in [2.05, 4.69) is 4.72 Å². The van der Waals surface area contributed by atoms with Gasteiger partial charge in [0.2, 0.25) is 0 Å². The minimum absolute atomic E-state index is 0.229. The minimum Gasteiger partial charge on any atom is -0.480 e. The Hall–Kier alpha value is -1.44. The molecule has 0 radical (unpaired) electrons. The first-order valence-electron chi connectivity index (χ1n) is 7.53. The lowest BCUT2D eigenvalue weighted by Gasteiger charge is -2.27. The number of carbonyl (C=O) groups is 1. The summed E-state index contributed by atoms with van der Waals surface area (Å²) in [6.07, 6.45) is 3.40. The van der Waals surface area contributed by atoms with Gasteiger partial charge in [0.15, 0.2) is 0 Å². The quantitative estimate of drug-likeness (QED) is 0.793. The van der Waals surface area contributed by atoms with E-state index in [0.29, 0.717) is 19.5 Å². The van der Waals surface area contributed by atoms with Gasteiger partial charge in [0.25, 0.3) is 10.2 Å². The summed E-state index contributed by atoms with van der Waals surface area (Å²) < 4.78 is 28.2. The Bertz CT molecular complexity index is 583. The lowest BCUT2D eigenvalue weighted by molar-refractivity contribution is -0.139. The largest absolute Gasteiger partial charge is 0.480 e. The number of carboxylic acid groups (broad SMARTS) is 1. The Balaban J connectivity index is 1.97. The number of nitrogens with one attached hydrogen (secondary N) is 1. The summed E-state index contributed by atoms with van der Waals surface area (Å²) in [5, 5.41) is 9.27. The number of benzene rings is 1. The molecule has 122 valence electrons. The summed E-state index contributed by atoms with van der Waals surface area (Å²) in [5.41, 5.74) is 0.992. The molecule has 0 saturated carbocycles. The number of aryl methyl sites for hydroxylation is 1. The third kappa shape index (κ3) is 4.79. The van der Waals surface area contributed by atoms with Crippen LogP contribution < -0.4 is 4.72 Å². The second kappa shape index (κ2) is 7.71. The predicted molar refractivity (Wildman–Crippen MR) is 83.7 cm³/mol. The molecule has 1 aromatic rings. The fourth-order valence-corrected chi connectivity index (χ4v) is 4.01. The molecule has 0 aromatic heterocycles. The topological polar surface area (TPSA) is 86.7 Å². The molecule has 0 unspecified atom stereocenters. The number of piperidine rings is 1. The highest BCUT2D eigenvalue weighted by molar-refractivity contribution is 7.87. The van der Waals surface area contributed by atoms with E-state index in [1.54, 1.807) is 0 Å². The van der Waals surface area contributed by atoms with Gasteiger partial charge in [-0.25, -0.2) is 0 Å². The van der Waals surface area contributed by atoms with Crippen LogP contribution in [0.3, 0.4) is 0 Å². The highest BCUT2D eigenvalue weighted by Crippen LogP contribution is 2.13. The monoisotopic (exact) mass is 326 g/mol. The van der Waals surface area contributed by atoms with Crippen molar-refractivity contribution < 1.29 is 18.3 Å². The lowest BCUT2D eigenvalue weighted by atomic mass is 10.1. The predicted octanol–water partition coefficient (Wildman–Crippen LogP) is 1.39. The maximum atomic E-state index is 12.3. The van der Waals surface area contributed by atoms with Gasteiger partial charge in [-0.1, -0.05) is 36.8 Å². The molecule has 1 aromatic carbocycles. The number of carboxylic acids is 1. The molecule has 22 heavy (non-hydrogen) atoms. The van der Waals surface area contributed by atoms with Crippen LogP contribution in [0, 0.1) is 0 Å². The van der Waals surface area contributed by atoms with Gasteiger partial charge < -0.3 is 5.11 Å². The van der Waals surface area contributed by atoms with Crippen molar-refractivity contribution in [2.45, 2.75) is 38.1 Å². The molecular weight excluding hydrogens is 304 g/mol. The Labute approximate surface area is 131 Å². The Morgan fingerprint density at radius 1 is 1.18 bits per heavy atom. The number of aliphatic carboxylic acids is 1. The lowest BCUT2D eigenvalue weighted by Crippen LogP contribution is -2.49. The van der Waals surface area contributed by atoms with Crippen molar-refractivity contribution in [2.75, 3.05) is 13.1 Å². The highest BCUT2D eigenvalue weighted by Gasteiger charge is 2.29. The molecule has 1 aliphatic rings. The van der Waals surface area contributed by atoms with Crippen LogP contribution in [0.25, 0.3) is 0 Å². The normalized spacial score (nSPS) is 18.0. The Morgan fingerprint density at radius 3 is 2.41 bits per heavy atom. The van der Waals surface area contributed by atoms with E-state index in [4.69, 9.17) is 0 Å². The van der Waals surface area contributed by atoms with Gasteiger partial charge in [-0.3, -0.25) is 4.79 Å². The third-order valence-corrected chi connectivity index (χ3v) is 5.44. The van der Waals surface area contributed by atoms with E-state index in [1.807, 2.05) is 30.3 Å². The van der Waals surface area contributed by atoms with Crippen LogP contribution in [0.4, 0.5) is 0 Å². The van der Waals surface area contributed by atoms with E-state index in [-0.39, 0.29) is 6.42 Å². The van der Waals surface area contributed by atoms with E-state index in [0.717, 1.165) is 24.8 Å². The summed E-state index contributed by atoms with van der Waals surface area (Å²) in [6.45, 7) is 0.917. The Kier molecular flexibility index (Phi) is 5.93. The molecule has 1 heterocycles. The molecule has 2 N–H and O–H groups in total. The fourth-order valence-electron chi connectivity index (χ4n) is 2.55. The van der Waals surface area contributed by atoms with E-state index in [9.17, 15) is 18.3 Å². The first kappa shape index (κ1) is 16.9. The van der Waals surface area contributed by atoms with Crippen molar-refractivity contribution >= 4 is 16.2 Å². The van der Waals surface area contributed by atoms with Gasteiger partial charge in [0, 0.05) is 13.1 Å². The zero-order valence-corrected chi connectivity index (χ0v) is 13.3. The first-order valence-corrected chi connectivity index (χ1v) is 8.97. The van der Waals surface area contributed by atoms with Crippen LogP contribution in [0.1, 0.15) is 31.2 Å². The van der Waals surface area contributed by atoms with Gasteiger partial charge in [0.05, 0.1) is 0 Å². The maximum Gasteiger partial charge on any atom is 0.321 e. The zero-order valence-electron chi connectivity index (χ0n) is 12.4. The van der Waals surface area contributed by atoms with Gasteiger partial charge in [-0.2, -0.15) is 17.4 Å². The van der Waals surface area contributed by atoms with Gasteiger partial charge in [-0.05, 0) is 31.2 Å². The Morgan fingerprint density at radius 2 is 1.82 bits per heavy atom. The summed E-state index contributed by atoms with van der Waals surface area (Å²) in [6, 6.07) is 8.34. The summed E-state index contributed by atoms with van der Waals surface area (Å²) >= 11 is 0. The van der Waals surface area contributed by atoms with E-state index >= 15 is 0 Å². The smallest absolute Gasteiger partial charge is 0.321 e. The second-order valence-corrected chi connectivity index (χ2v) is 7.20. The summed E-state index contributed by atoms with van der Waals surface area (Å²) in [4.78, 5) is 11.3. The molecule has 1 fully saturated rings. The molecule has 1 saturated heterocycles. The van der Waals surface area contributed by atoms with Crippen LogP contribution in [0.5, 0.6) is 0 Å². The average molecular weight is 326 g/mol. The second-order valence-electron chi connectivity index (χ2n) is 5.50. The van der Waals surface area contributed by atoms with Crippen LogP contribution in [0.2, 0.25) is 0 Å². The summed E-state index contributed by atoms with van der Waals surface area (Å²) in [7, 11) is -3.73. The first-order chi connectivity index (χ1) is 10.5. The van der Waals surface area contributed by atoms with Crippen molar-refractivity contribution in [3.05, 3.63) is 35.9 Å².